The molecule has 0 atom stereocenters. The number of unbranched alkanes of at least 4 members (excludes halogenated alkanes) is 1. The Morgan fingerprint density at radius 3 is 2.83 bits per heavy atom. The van der Waals surface area contributed by atoms with Gasteiger partial charge < -0.3 is 10.1 Å². The molecule has 4 heteroatoms. The first-order chi connectivity index (χ1) is 8.74. The van der Waals surface area contributed by atoms with Crippen LogP contribution in [0.4, 0.5) is 0 Å². The lowest BCUT2D eigenvalue weighted by molar-refractivity contribution is 0.0940. The fourth-order valence-corrected chi connectivity index (χ4v) is 2.00. The van der Waals surface area contributed by atoms with E-state index in [1.54, 1.807) is 0 Å². The topological polar surface area (TPSA) is 38.3 Å². The van der Waals surface area contributed by atoms with Crippen LogP contribution in [0.3, 0.4) is 0 Å². The number of benzene rings is 1. The molecule has 1 amide bonds. The van der Waals surface area contributed by atoms with Crippen molar-refractivity contribution in [2.24, 2.45) is 0 Å². The quantitative estimate of drug-likeness (QED) is 0.570. The highest BCUT2D eigenvalue weighted by atomic mass is 127. The molecule has 1 N–H and O–H groups in total. The summed E-state index contributed by atoms with van der Waals surface area (Å²) in [7, 11) is 0. The van der Waals surface area contributed by atoms with Crippen LogP contribution in [-0.4, -0.2) is 25.7 Å². The minimum atomic E-state index is -0.0120. The highest BCUT2D eigenvalue weighted by molar-refractivity contribution is 14.1. The summed E-state index contributed by atoms with van der Waals surface area (Å²) in [6.07, 6.45) is 3.12. The van der Waals surface area contributed by atoms with E-state index in [2.05, 4.69) is 34.8 Å². The Bertz CT molecular complexity index is 369. The van der Waals surface area contributed by atoms with Crippen LogP contribution in [-0.2, 0) is 4.74 Å². The van der Waals surface area contributed by atoms with Gasteiger partial charge in [0.05, 0.1) is 0 Å². The molecule has 0 aliphatic heterocycles. The Kier molecular flexibility index (Phi) is 8.00. The van der Waals surface area contributed by atoms with E-state index in [1.165, 1.54) is 0 Å². The number of amides is 1. The Morgan fingerprint density at radius 1 is 1.33 bits per heavy atom. The van der Waals surface area contributed by atoms with Crippen molar-refractivity contribution >= 4 is 28.5 Å². The fraction of sp³-hybridized carbons (Fsp3) is 0.500. The largest absolute Gasteiger partial charge is 0.381 e. The van der Waals surface area contributed by atoms with Crippen molar-refractivity contribution in [2.75, 3.05) is 19.8 Å². The minimum Gasteiger partial charge on any atom is -0.381 e. The van der Waals surface area contributed by atoms with Crippen LogP contribution in [0.25, 0.3) is 0 Å². The van der Waals surface area contributed by atoms with Gasteiger partial charge in [0.1, 0.15) is 0 Å². The molecular weight excluding hydrogens is 341 g/mol. The smallest absolute Gasteiger partial charge is 0.251 e. The van der Waals surface area contributed by atoms with Crippen molar-refractivity contribution in [3.63, 3.8) is 0 Å². The molecule has 3 nitrogen and oxygen atoms in total. The number of nitrogens with one attached hydrogen (secondary N) is 1. The van der Waals surface area contributed by atoms with Crippen LogP contribution in [0.15, 0.2) is 24.3 Å². The Morgan fingerprint density at radius 2 is 2.11 bits per heavy atom. The Balaban J connectivity index is 2.14. The number of carbonyl (C=O) groups is 1. The second kappa shape index (κ2) is 9.33. The predicted molar refractivity (Wildman–Crippen MR) is 81.8 cm³/mol. The molecule has 0 aliphatic rings. The normalized spacial score (nSPS) is 10.3. The molecule has 1 aromatic carbocycles. The summed E-state index contributed by atoms with van der Waals surface area (Å²) in [6, 6.07) is 7.58. The van der Waals surface area contributed by atoms with E-state index in [0.717, 1.165) is 29.4 Å². The van der Waals surface area contributed by atoms with E-state index in [0.29, 0.717) is 18.7 Å². The van der Waals surface area contributed by atoms with E-state index in [1.807, 2.05) is 24.3 Å². The molecule has 0 spiro atoms. The van der Waals surface area contributed by atoms with Crippen molar-refractivity contribution < 1.29 is 9.53 Å². The lowest BCUT2D eigenvalue weighted by atomic mass is 10.2. The van der Waals surface area contributed by atoms with Gasteiger partial charge in [0, 0.05) is 28.9 Å². The van der Waals surface area contributed by atoms with Crippen molar-refractivity contribution in [3.05, 3.63) is 33.4 Å². The molecule has 1 rings (SSSR count). The average Bonchev–Trinajstić information content (AvgIpc) is 2.37. The SMILES string of the molecule is CCCCOCCCNC(=O)c1cccc(I)c1. The van der Waals surface area contributed by atoms with Gasteiger partial charge in [0.2, 0.25) is 0 Å². The molecule has 0 aliphatic carbocycles. The van der Waals surface area contributed by atoms with E-state index in [-0.39, 0.29) is 5.91 Å². The van der Waals surface area contributed by atoms with Crippen LogP contribution in [0, 0.1) is 3.57 Å². The maximum absolute atomic E-state index is 11.8. The summed E-state index contributed by atoms with van der Waals surface area (Å²) in [4.78, 5) is 11.8. The zero-order valence-corrected chi connectivity index (χ0v) is 12.9. The molecule has 0 aromatic heterocycles. The highest BCUT2D eigenvalue weighted by Gasteiger charge is 2.04. The number of hydrogen-bond acceptors (Lipinski definition) is 2. The standard InChI is InChI=1S/C14H20INO2/c1-2-3-9-18-10-5-8-16-14(17)12-6-4-7-13(15)11-12/h4,6-7,11H,2-3,5,8-10H2,1H3,(H,16,17). The maximum atomic E-state index is 11.8. The van der Waals surface area contributed by atoms with Crippen molar-refractivity contribution in [1.29, 1.82) is 0 Å². The van der Waals surface area contributed by atoms with Gasteiger partial charge in [-0.1, -0.05) is 19.4 Å². The second-order valence-electron chi connectivity index (χ2n) is 4.09. The number of halogens is 1. The van der Waals surface area contributed by atoms with E-state index < -0.39 is 0 Å². The summed E-state index contributed by atoms with van der Waals surface area (Å²) < 4.78 is 6.50. The van der Waals surface area contributed by atoms with Gasteiger partial charge in [0.25, 0.3) is 5.91 Å². The van der Waals surface area contributed by atoms with Crippen molar-refractivity contribution in [2.45, 2.75) is 26.2 Å². The first-order valence-electron chi connectivity index (χ1n) is 6.35. The second-order valence-corrected chi connectivity index (χ2v) is 5.33. The molecule has 1 aromatic rings. The monoisotopic (exact) mass is 361 g/mol. The van der Waals surface area contributed by atoms with E-state index >= 15 is 0 Å². The number of hydrogen-bond donors (Lipinski definition) is 1. The van der Waals surface area contributed by atoms with Gasteiger partial charge >= 0.3 is 0 Å². The van der Waals surface area contributed by atoms with Gasteiger partial charge in [0.15, 0.2) is 0 Å². The number of carbonyl (C=O) groups excluding carboxylic acids is 1. The molecule has 0 saturated carbocycles. The summed E-state index contributed by atoms with van der Waals surface area (Å²) in [5.41, 5.74) is 0.716. The summed E-state index contributed by atoms with van der Waals surface area (Å²) >= 11 is 2.20. The maximum Gasteiger partial charge on any atom is 0.251 e. The van der Waals surface area contributed by atoms with Crippen molar-refractivity contribution in [3.8, 4) is 0 Å². The first kappa shape index (κ1) is 15.4. The summed E-state index contributed by atoms with van der Waals surface area (Å²) in [5, 5.41) is 2.89. The zero-order valence-electron chi connectivity index (χ0n) is 10.7. The third-order valence-electron chi connectivity index (χ3n) is 2.48. The van der Waals surface area contributed by atoms with Crippen LogP contribution < -0.4 is 5.32 Å². The highest BCUT2D eigenvalue weighted by Crippen LogP contribution is 2.07. The lowest BCUT2D eigenvalue weighted by Crippen LogP contribution is -2.25. The van der Waals surface area contributed by atoms with Gasteiger partial charge in [-0.25, -0.2) is 0 Å². The Labute approximate surface area is 122 Å². The molecule has 0 unspecified atom stereocenters. The van der Waals surface area contributed by atoms with Gasteiger partial charge in [-0.2, -0.15) is 0 Å². The number of ether oxygens (including phenoxy) is 1. The third kappa shape index (κ3) is 6.35. The zero-order chi connectivity index (χ0) is 13.2. The molecule has 18 heavy (non-hydrogen) atoms. The minimum absolute atomic E-state index is 0.0120. The first-order valence-corrected chi connectivity index (χ1v) is 7.43. The van der Waals surface area contributed by atoms with Gasteiger partial charge in [-0.3, -0.25) is 4.79 Å². The fourth-order valence-electron chi connectivity index (χ4n) is 1.46. The van der Waals surface area contributed by atoms with Crippen molar-refractivity contribution in [1.82, 2.24) is 5.32 Å². The van der Waals surface area contributed by atoms with Crippen LogP contribution >= 0.6 is 22.6 Å². The Hall–Kier alpha value is -0.620. The molecule has 0 fully saturated rings. The molecule has 0 bridgehead atoms. The van der Waals surface area contributed by atoms with Gasteiger partial charge in [-0.05, 0) is 53.6 Å². The van der Waals surface area contributed by atoms with E-state index in [4.69, 9.17) is 4.74 Å². The number of rotatable bonds is 8. The molecule has 0 saturated heterocycles. The summed E-state index contributed by atoms with van der Waals surface area (Å²) in [6.45, 7) is 4.34. The molecular formula is C14H20INO2. The molecule has 100 valence electrons. The van der Waals surface area contributed by atoms with Crippen LogP contribution in [0.1, 0.15) is 36.5 Å². The van der Waals surface area contributed by atoms with Crippen LogP contribution in [0.2, 0.25) is 0 Å². The van der Waals surface area contributed by atoms with Gasteiger partial charge in [-0.15, -0.1) is 0 Å². The third-order valence-corrected chi connectivity index (χ3v) is 3.15. The average molecular weight is 361 g/mol. The van der Waals surface area contributed by atoms with Crippen LogP contribution in [0.5, 0.6) is 0 Å². The molecule has 0 heterocycles. The predicted octanol–water partition coefficient (Wildman–Crippen LogP) is 3.23. The lowest BCUT2D eigenvalue weighted by Gasteiger charge is -2.06. The van der Waals surface area contributed by atoms with E-state index in [9.17, 15) is 4.79 Å². The molecule has 0 radical (unpaired) electrons. The summed E-state index contributed by atoms with van der Waals surface area (Å²) in [5.74, 6) is -0.0120.